The zero-order chi connectivity index (χ0) is 19.1. The maximum absolute atomic E-state index is 12.2. The number of nitrogens with zero attached hydrogens (tertiary/aromatic N) is 3. The van der Waals surface area contributed by atoms with Crippen LogP contribution in [0.2, 0.25) is 0 Å². The number of nitrogens with one attached hydrogen (secondary N) is 2. The number of hydrogen-bond acceptors (Lipinski definition) is 6. The lowest BCUT2D eigenvalue weighted by Gasteiger charge is -2.17. The van der Waals surface area contributed by atoms with Crippen molar-refractivity contribution in [2.45, 2.75) is 26.7 Å². The highest BCUT2D eigenvalue weighted by Gasteiger charge is 2.15. The van der Waals surface area contributed by atoms with Crippen molar-refractivity contribution in [1.82, 2.24) is 15.3 Å². The third-order valence-corrected chi connectivity index (χ3v) is 4.40. The Bertz CT molecular complexity index is 757. The van der Waals surface area contributed by atoms with Crippen LogP contribution in [0.5, 0.6) is 5.75 Å². The van der Waals surface area contributed by atoms with Crippen LogP contribution < -0.4 is 20.3 Å². The Morgan fingerprint density at radius 1 is 1.15 bits per heavy atom. The normalized spacial score (nSPS) is 13.5. The van der Waals surface area contributed by atoms with E-state index in [9.17, 15) is 4.79 Å². The molecule has 1 amide bonds. The highest BCUT2D eigenvalue weighted by atomic mass is 16.5. The molecule has 7 heteroatoms. The van der Waals surface area contributed by atoms with Crippen LogP contribution >= 0.6 is 0 Å². The van der Waals surface area contributed by atoms with E-state index in [0.29, 0.717) is 25.3 Å². The van der Waals surface area contributed by atoms with Gasteiger partial charge in [-0.05, 0) is 51.0 Å². The number of hydrogen-bond donors (Lipinski definition) is 2. The summed E-state index contributed by atoms with van der Waals surface area (Å²) in [7, 11) is 0. The molecule has 3 rings (SSSR count). The first kappa shape index (κ1) is 18.9. The minimum absolute atomic E-state index is 0.100. The largest absolute Gasteiger partial charge is 0.494 e. The van der Waals surface area contributed by atoms with Crippen LogP contribution in [-0.4, -0.2) is 48.7 Å². The van der Waals surface area contributed by atoms with E-state index in [1.807, 2.05) is 19.9 Å². The molecule has 1 aliphatic rings. The first-order valence-corrected chi connectivity index (χ1v) is 9.51. The summed E-state index contributed by atoms with van der Waals surface area (Å²) < 4.78 is 5.39. The second-order valence-corrected chi connectivity index (χ2v) is 6.49. The van der Waals surface area contributed by atoms with E-state index in [4.69, 9.17) is 4.74 Å². The predicted octanol–water partition coefficient (Wildman–Crippen LogP) is 2.63. The molecule has 1 saturated heterocycles. The first-order chi connectivity index (χ1) is 13.2. The molecule has 1 aliphatic heterocycles. The van der Waals surface area contributed by atoms with E-state index in [1.165, 1.54) is 12.8 Å². The number of rotatable bonds is 8. The number of aromatic nitrogens is 2. The van der Waals surface area contributed by atoms with Gasteiger partial charge in [-0.2, -0.15) is 0 Å². The van der Waals surface area contributed by atoms with E-state index in [2.05, 4.69) is 25.5 Å². The van der Waals surface area contributed by atoms with Gasteiger partial charge in [-0.25, -0.2) is 9.97 Å². The molecule has 0 bridgehead atoms. The van der Waals surface area contributed by atoms with Crippen LogP contribution in [0, 0.1) is 6.92 Å². The average Bonchev–Trinajstić information content (AvgIpc) is 3.20. The Morgan fingerprint density at radius 2 is 1.89 bits per heavy atom. The number of aryl methyl sites for hydroxylation is 1. The van der Waals surface area contributed by atoms with Gasteiger partial charge < -0.3 is 20.3 Å². The van der Waals surface area contributed by atoms with E-state index >= 15 is 0 Å². The van der Waals surface area contributed by atoms with Gasteiger partial charge in [0.1, 0.15) is 23.2 Å². The van der Waals surface area contributed by atoms with Crippen molar-refractivity contribution in [3.05, 3.63) is 41.7 Å². The summed E-state index contributed by atoms with van der Waals surface area (Å²) in [5, 5.41) is 6.18. The van der Waals surface area contributed by atoms with Crippen molar-refractivity contribution in [2.75, 3.05) is 43.0 Å². The molecule has 0 spiro atoms. The third-order valence-electron chi connectivity index (χ3n) is 4.40. The molecular formula is C20H27N5O2. The van der Waals surface area contributed by atoms with Gasteiger partial charge in [-0.3, -0.25) is 4.79 Å². The molecule has 7 nitrogen and oxygen atoms in total. The molecule has 1 aromatic heterocycles. The van der Waals surface area contributed by atoms with Crippen molar-refractivity contribution in [3.8, 4) is 5.75 Å². The first-order valence-electron chi connectivity index (χ1n) is 9.51. The molecular weight excluding hydrogens is 342 g/mol. The van der Waals surface area contributed by atoms with Crippen LogP contribution in [0.4, 0.5) is 11.6 Å². The lowest BCUT2D eigenvalue weighted by molar-refractivity contribution is 0.0955. The standard InChI is InChI=1S/C20H27N5O2/c1-3-27-17-8-6-16(7-9-17)20(26)22-11-10-21-18-14-19(24-15(2)23-18)25-12-4-5-13-25/h6-9,14H,3-5,10-13H2,1-2H3,(H,22,26)(H,21,23,24). The molecule has 27 heavy (non-hydrogen) atoms. The Labute approximate surface area is 160 Å². The van der Waals surface area contributed by atoms with Crippen molar-refractivity contribution in [1.29, 1.82) is 0 Å². The molecule has 0 saturated carbocycles. The van der Waals surface area contributed by atoms with Gasteiger partial charge in [0.15, 0.2) is 0 Å². The second kappa shape index (κ2) is 9.21. The van der Waals surface area contributed by atoms with Crippen molar-refractivity contribution < 1.29 is 9.53 Å². The fourth-order valence-electron chi connectivity index (χ4n) is 3.09. The van der Waals surface area contributed by atoms with Crippen LogP contribution in [0.1, 0.15) is 35.9 Å². The average molecular weight is 369 g/mol. The van der Waals surface area contributed by atoms with Gasteiger partial charge in [0.25, 0.3) is 5.91 Å². The summed E-state index contributed by atoms with van der Waals surface area (Å²) in [4.78, 5) is 23.4. The fourth-order valence-corrected chi connectivity index (χ4v) is 3.09. The Kier molecular flexibility index (Phi) is 6.46. The van der Waals surface area contributed by atoms with E-state index in [0.717, 1.165) is 36.3 Å². The highest BCUT2D eigenvalue weighted by molar-refractivity contribution is 5.94. The maximum atomic E-state index is 12.2. The molecule has 0 unspecified atom stereocenters. The molecule has 0 atom stereocenters. The number of carbonyl (C=O) groups excluding carboxylic acids is 1. The van der Waals surface area contributed by atoms with E-state index in [1.54, 1.807) is 24.3 Å². The molecule has 2 N–H and O–H groups in total. The van der Waals surface area contributed by atoms with Crippen LogP contribution in [0.15, 0.2) is 30.3 Å². The summed E-state index contributed by atoms with van der Waals surface area (Å²) in [5.74, 6) is 3.18. The molecule has 1 fully saturated rings. The van der Waals surface area contributed by atoms with Gasteiger partial charge in [0, 0.05) is 37.8 Å². The van der Waals surface area contributed by atoms with Crippen molar-refractivity contribution in [3.63, 3.8) is 0 Å². The number of carbonyl (C=O) groups is 1. The number of anilines is 2. The zero-order valence-corrected chi connectivity index (χ0v) is 16.0. The van der Waals surface area contributed by atoms with Gasteiger partial charge >= 0.3 is 0 Å². The molecule has 0 radical (unpaired) electrons. The summed E-state index contributed by atoms with van der Waals surface area (Å²) in [6, 6.07) is 9.13. The number of benzene rings is 1. The lowest BCUT2D eigenvalue weighted by atomic mass is 10.2. The Balaban J connectivity index is 1.47. The molecule has 0 aliphatic carbocycles. The minimum Gasteiger partial charge on any atom is -0.494 e. The summed E-state index contributed by atoms with van der Waals surface area (Å²) in [6.45, 7) is 7.65. The minimum atomic E-state index is -0.100. The van der Waals surface area contributed by atoms with Crippen LogP contribution in [0.3, 0.4) is 0 Å². The van der Waals surface area contributed by atoms with Crippen molar-refractivity contribution >= 4 is 17.5 Å². The highest BCUT2D eigenvalue weighted by Crippen LogP contribution is 2.20. The Hall–Kier alpha value is -2.83. The second-order valence-electron chi connectivity index (χ2n) is 6.49. The van der Waals surface area contributed by atoms with Gasteiger partial charge in [0.05, 0.1) is 6.61 Å². The molecule has 1 aromatic carbocycles. The summed E-state index contributed by atoms with van der Waals surface area (Å²) in [6.07, 6.45) is 2.42. The quantitative estimate of drug-likeness (QED) is 0.697. The number of amides is 1. The van der Waals surface area contributed by atoms with Crippen molar-refractivity contribution in [2.24, 2.45) is 0 Å². The maximum Gasteiger partial charge on any atom is 0.251 e. The van der Waals surface area contributed by atoms with Gasteiger partial charge in [0.2, 0.25) is 0 Å². The van der Waals surface area contributed by atoms with E-state index < -0.39 is 0 Å². The fraction of sp³-hybridized carbons (Fsp3) is 0.450. The number of ether oxygens (including phenoxy) is 1. The molecule has 2 aromatic rings. The van der Waals surface area contributed by atoms with Crippen LogP contribution in [0.25, 0.3) is 0 Å². The van der Waals surface area contributed by atoms with Crippen LogP contribution in [-0.2, 0) is 0 Å². The molecule has 144 valence electrons. The zero-order valence-electron chi connectivity index (χ0n) is 16.0. The monoisotopic (exact) mass is 369 g/mol. The van der Waals surface area contributed by atoms with E-state index in [-0.39, 0.29) is 5.91 Å². The molecule has 2 heterocycles. The SMILES string of the molecule is CCOc1ccc(C(=O)NCCNc2cc(N3CCCC3)nc(C)n2)cc1. The predicted molar refractivity (Wildman–Crippen MR) is 107 cm³/mol. The topological polar surface area (TPSA) is 79.4 Å². The lowest BCUT2D eigenvalue weighted by Crippen LogP contribution is -2.29. The Morgan fingerprint density at radius 3 is 2.59 bits per heavy atom. The van der Waals surface area contributed by atoms with Gasteiger partial charge in [-0.1, -0.05) is 0 Å². The third kappa shape index (κ3) is 5.32. The van der Waals surface area contributed by atoms with Gasteiger partial charge in [-0.15, -0.1) is 0 Å². The smallest absolute Gasteiger partial charge is 0.251 e. The summed E-state index contributed by atoms with van der Waals surface area (Å²) >= 11 is 0. The summed E-state index contributed by atoms with van der Waals surface area (Å²) in [5.41, 5.74) is 0.618.